The van der Waals surface area contributed by atoms with Crippen molar-refractivity contribution < 1.29 is 4.74 Å². The van der Waals surface area contributed by atoms with Gasteiger partial charge in [0.05, 0.1) is 6.20 Å². The van der Waals surface area contributed by atoms with Gasteiger partial charge in [-0.2, -0.15) is 15.1 Å². The predicted octanol–water partition coefficient (Wildman–Crippen LogP) is 3.36. The first-order chi connectivity index (χ1) is 9.26. The lowest BCUT2D eigenvalue weighted by Crippen LogP contribution is -1.92. The smallest absolute Gasteiger partial charge is 0.234 e. The molecule has 0 radical (unpaired) electrons. The Morgan fingerprint density at radius 1 is 1.21 bits per heavy atom. The Kier molecular flexibility index (Phi) is 3.05. The molecule has 0 fully saturated rings. The molecule has 0 bridgehead atoms. The lowest BCUT2D eigenvalue weighted by Gasteiger charge is -2.06. The van der Waals surface area contributed by atoms with E-state index < -0.39 is 0 Å². The molecule has 2 heterocycles. The summed E-state index contributed by atoms with van der Waals surface area (Å²) in [5.74, 6) is 1.10. The van der Waals surface area contributed by atoms with Crippen molar-refractivity contribution in [2.24, 2.45) is 0 Å². The van der Waals surface area contributed by atoms with E-state index in [-0.39, 0.29) is 5.28 Å². The second-order valence-corrected chi connectivity index (χ2v) is 4.37. The Bertz CT molecular complexity index is 708. The highest BCUT2D eigenvalue weighted by molar-refractivity contribution is 6.28. The molecule has 0 aliphatic carbocycles. The van der Waals surface area contributed by atoms with Crippen LogP contribution in [0.4, 0.5) is 0 Å². The Hall–Kier alpha value is -2.14. The maximum atomic E-state index is 5.84. The zero-order valence-electron chi connectivity index (χ0n) is 10.2. The summed E-state index contributed by atoms with van der Waals surface area (Å²) in [5, 5.41) is 7.47. The standard InChI is InChI=1S/C13H11ClN4O/c1-2-8-3-5-9(6-4-8)19-12-10-7-15-18-11(10)16-13(14)17-12/h3-7H,2H2,1H3,(H,15,16,17,18). The molecule has 5 nitrogen and oxygen atoms in total. The van der Waals surface area contributed by atoms with Gasteiger partial charge < -0.3 is 4.74 Å². The van der Waals surface area contributed by atoms with Crippen molar-refractivity contribution in [2.75, 3.05) is 0 Å². The summed E-state index contributed by atoms with van der Waals surface area (Å²) in [6, 6.07) is 7.84. The van der Waals surface area contributed by atoms with Crippen LogP contribution in [0, 0.1) is 0 Å². The fourth-order valence-corrected chi connectivity index (χ4v) is 1.93. The molecule has 3 aromatic rings. The Labute approximate surface area is 114 Å². The molecule has 96 valence electrons. The van der Waals surface area contributed by atoms with Crippen molar-refractivity contribution in [3.63, 3.8) is 0 Å². The van der Waals surface area contributed by atoms with Crippen molar-refractivity contribution in [1.29, 1.82) is 0 Å². The predicted molar refractivity (Wildman–Crippen MR) is 72.6 cm³/mol. The molecule has 0 unspecified atom stereocenters. The maximum Gasteiger partial charge on any atom is 0.234 e. The van der Waals surface area contributed by atoms with Gasteiger partial charge in [-0.05, 0) is 35.7 Å². The third-order valence-corrected chi connectivity index (χ3v) is 2.96. The molecule has 19 heavy (non-hydrogen) atoms. The first-order valence-electron chi connectivity index (χ1n) is 5.89. The summed E-state index contributed by atoms with van der Waals surface area (Å²) in [5.41, 5.74) is 1.81. The van der Waals surface area contributed by atoms with Crippen molar-refractivity contribution in [3.8, 4) is 11.6 Å². The summed E-state index contributed by atoms with van der Waals surface area (Å²) < 4.78 is 5.73. The number of H-pyrrole nitrogens is 1. The summed E-state index contributed by atoms with van der Waals surface area (Å²) in [6.07, 6.45) is 2.60. The Balaban J connectivity index is 1.97. The molecule has 0 aliphatic rings. The third-order valence-electron chi connectivity index (χ3n) is 2.79. The zero-order valence-corrected chi connectivity index (χ0v) is 11.0. The van der Waals surface area contributed by atoms with Gasteiger partial charge in [0, 0.05) is 0 Å². The van der Waals surface area contributed by atoms with Gasteiger partial charge in [-0.1, -0.05) is 19.1 Å². The highest BCUT2D eigenvalue weighted by Gasteiger charge is 2.10. The van der Waals surface area contributed by atoms with E-state index in [1.165, 1.54) is 5.56 Å². The molecule has 6 heteroatoms. The fourth-order valence-electron chi connectivity index (χ4n) is 1.76. The lowest BCUT2D eigenvalue weighted by molar-refractivity contribution is 0.468. The molecular formula is C13H11ClN4O. The lowest BCUT2D eigenvalue weighted by atomic mass is 10.2. The SMILES string of the molecule is CCc1ccc(Oc2nc(Cl)nc3[nH]ncc23)cc1. The fraction of sp³-hybridized carbons (Fsp3) is 0.154. The largest absolute Gasteiger partial charge is 0.438 e. The number of aryl methyl sites for hydroxylation is 1. The molecule has 0 aliphatic heterocycles. The normalized spacial score (nSPS) is 10.8. The van der Waals surface area contributed by atoms with Crippen LogP contribution < -0.4 is 4.74 Å². The number of rotatable bonds is 3. The van der Waals surface area contributed by atoms with Crippen LogP contribution in [0.5, 0.6) is 11.6 Å². The number of halogens is 1. The van der Waals surface area contributed by atoms with Gasteiger partial charge in [0.2, 0.25) is 11.2 Å². The van der Waals surface area contributed by atoms with Crippen molar-refractivity contribution in [1.82, 2.24) is 20.2 Å². The highest BCUT2D eigenvalue weighted by Crippen LogP contribution is 2.27. The first-order valence-corrected chi connectivity index (χ1v) is 6.27. The topological polar surface area (TPSA) is 63.7 Å². The van der Waals surface area contributed by atoms with E-state index in [4.69, 9.17) is 16.3 Å². The van der Waals surface area contributed by atoms with E-state index in [2.05, 4.69) is 27.1 Å². The zero-order chi connectivity index (χ0) is 13.2. The summed E-state index contributed by atoms with van der Waals surface area (Å²) in [4.78, 5) is 8.11. The van der Waals surface area contributed by atoms with Crippen LogP contribution in [-0.4, -0.2) is 20.2 Å². The van der Waals surface area contributed by atoms with Gasteiger partial charge in [-0.25, -0.2) is 0 Å². The molecule has 0 amide bonds. The van der Waals surface area contributed by atoms with E-state index in [0.29, 0.717) is 22.7 Å². The minimum Gasteiger partial charge on any atom is -0.438 e. The van der Waals surface area contributed by atoms with Crippen LogP contribution in [0.3, 0.4) is 0 Å². The van der Waals surface area contributed by atoms with E-state index in [1.807, 2.05) is 24.3 Å². The number of nitrogens with one attached hydrogen (secondary N) is 1. The average Bonchev–Trinajstić information content (AvgIpc) is 2.88. The van der Waals surface area contributed by atoms with Gasteiger partial charge in [0.25, 0.3) is 0 Å². The van der Waals surface area contributed by atoms with Crippen molar-refractivity contribution >= 4 is 22.6 Å². The van der Waals surface area contributed by atoms with Gasteiger partial charge in [-0.15, -0.1) is 0 Å². The molecule has 0 atom stereocenters. The highest BCUT2D eigenvalue weighted by atomic mass is 35.5. The van der Waals surface area contributed by atoms with Gasteiger partial charge >= 0.3 is 0 Å². The molecule has 3 rings (SSSR count). The Morgan fingerprint density at radius 2 is 2.00 bits per heavy atom. The molecule has 0 spiro atoms. The number of fused-ring (bicyclic) bond motifs is 1. The number of hydrogen-bond acceptors (Lipinski definition) is 4. The molecule has 1 N–H and O–H groups in total. The van der Waals surface area contributed by atoms with E-state index in [0.717, 1.165) is 6.42 Å². The van der Waals surface area contributed by atoms with Crippen LogP contribution >= 0.6 is 11.6 Å². The number of ether oxygens (including phenoxy) is 1. The monoisotopic (exact) mass is 274 g/mol. The molecule has 2 aromatic heterocycles. The van der Waals surface area contributed by atoms with Crippen molar-refractivity contribution in [3.05, 3.63) is 41.3 Å². The van der Waals surface area contributed by atoms with Crippen LogP contribution in [0.15, 0.2) is 30.5 Å². The number of aromatic nitrogens is 4. The summed E-state index contributed by atoms with van der Waals surface area (Å²) >= 11 is 5.84. The molecular weight excluding hydrogens is 264 g/mol. The van der Waals surface area contributed by atoms with E-state index in [1.54, 1.807) is 6.20 Å². The van der Waals surface area contributed by atoms with E-state index >= 15 is 0 Å². The quantitative estimate of drug-likeness (QED) is 0.744. The average molecular weight is 275 g/mol. The van der Waals surface area contributed by atoms with E-state index in [9.17, 15) is 0 Å². The number of hydrogen-bond donors (Lipinski definition) is 1. The summed E-state index contributed by atoms with van der Waals surface area (Å²) in [7, 11) is 0. The molecule has 0 saturated heterocycles. The van der Waals surface area contributed by atoms with Crippen LogP contribution in [0.25, 0.3) is 11.0 Å². The minimum absolute atomic E-state index is 0.122. The second kappa shape index (κ2) is 4.85. The first kappa shape index (κ1) is 11.9. The molecule has 0 saturated carbocycles. The minimum atomic E-state index is 0.122. The number of aromatic amines is 1. The van der Waals surface area contributed by atoms with Crippen LogP contribution in [0.1, 0.15) is 12.5 Å². The summed E-state index contributed by atoms with van der Waals surface area (Å²) in [6.45, 7) is 2.11. The number of nitrogens with zero attached hydrogens (tertiary/aromatic N) is 3. The van der Waals surface area contributed by atoms with Crippen molar-refractivity contribution in [2.45, 2.75) is 13.3 Å². The third kappa shape index (κ3) is 2.37. The number of benzene rings is 1. The van der Waals surface area contributed by atoms with Gasteiger partial charge in [-0.3, -0.25) is 5.10 Å². The van der Waals surface area contributed by atoms with Gasteiger partial charge in [0.1, 0.15) is 11.1 Å². The van der Waals surface area contributed by atoms with Gasteiger partial charge in [0.15, 0.2) is 5.65 Å². The Morgan fingerprint density at radius 3 is 2.74 bits per heavy atom. The maximum absolute atomic E-state index is 5.84. The second-order valence-electron chi connectivity index (χ2n) is 4.03. The van der Waals surface area contributed by atoms with Crippen LogP contribution in [0.2, 0.25) is 5.28 Å². The van der Waals surface area contributed by atoms with Crippen LogP contribution in [-0.2, 0) is 6.42 Å². The molecule has 1 aromatic carbocycles.